The van der Waals surface area contributed by atoms with E-state index in [9.17, 15) is 13.2 Å². The van der Waals surface area contributed by atoms with Gasteiger partial charge >= 0.3 is 6.18 Å². The first-order valence-corrected chi connectivity index (χ1v) is 6.66. The maximum atomic E-state index is 12.3. The minimum Gasteiger partial charge on any atom is -0.495 e. The molecule has 0 bridgehead atoms. The Balaban J connectivity index is 1.85. The summed E-state index contributed by atoms with van der Waals surface area (Å²) < 4.78 is 42.2. The van der Waals surface area contributed by atoms with Crippen LogP contribution in [0.4, 0.5) is 18.9 Å². The van der Waals surface area contributed by atoms with E-state index in [-0.39, 0.29) is 6.04 Å². The number of piperidine rings is 1. The summed E-state index contributed by atoms with van der Waals surface area (Å²) in [4.78, 5) is 1.46. The summed E-state index contributed by atoms with van der Waals surface area (Å²) >= 11 is 0. The van der Waals surface area contributed by atoms with Crippen molar-refractivity contribution in [3.63, 3.8) is 0 Å². The van der Waals surface area contributed by atoms with E-state index >= 15 is 0 Å². The Morgan fingerprint density at radius 2 is 1.90 bits per heavy atom. The molecular formula is C14H19F3N2O. The van der Waals surface area contributed by atoms with Gasteiger partial charge in [0.2, 0.25) is 0 Å². The van der Waals surface area contributed by atoms with Gasteiger partial charge in [0.25, 0.3) is 0 Å². The zero-order chi connectivity index (χ0) is 14.6. The minimum absolute atomic E-state index is 0.191. The van der Waals surface area contributed by atoms with Crippen molar-refractivity contribution in [1.82, 2.24) is 4.90 Å². The van der Waals surface area contributed by atoms with Crippen LogP contribution in [0.3, 0.4) is 0 Å². The molecule has 0 amide bonds. The summed E-state index contributed by atoms with van der Waals surface area (Å²) in [5.74, 6) is 0.755. The van der Waals surface area contributed by atoms with Gasteiger partial charge in [0, 0.05) is 19.1 Å². The number of para-hydroxylation sites is 2. The molecule has 20 heavy (non-hydrogen) atoms. The van der Waals surface area contributed by atoms with E-state index in [0.717, 1.165) is 11.4 Å². The van der Waals surface area contributed by atoms with Gasteiger partial charge in [-0.05, 0) is 25.0 Å². The van der Waals surface area contributed by atoms with Crippen molar-refractivity contribution in [2.75, 3.05) is 32.1 Å². The Bertz CT molecular complexity index is 429. The summed E-state index contributed by atoms with van der Waals surface area (Å²) in [5, 5.41) is 3.35. The number of rotatable bonds is 4. The number of ether oxygens (including phenoxy) is 1. The Kier molecular flexibility index (Phi) is 4.75. The van der Waals surface area contributed by atoms with Crippen LogP contribution in [-0.4, -0.2) is 43.9 Å². The van der Waals surface area contributed by atoms with Gasteiger partial charge in [-0.1, -0.05) is 12.1 Å². The first kappa shape index (κ1) is 15.0. The van der Waals surface area contributed by atoms with Gasteiger partial charge in [0.15, 0.2) is 0 Å². The number of methoxy groups -OCH3 is 1. The molecule has 0 atom stereocenters. The summed E-state index contributed by atoms with van der Waals surface area (Å²) in [6.45, 7) is 0.118. The van der Waals surface area contributed by atoms with Crippen LogP contribution in [0.2, 0.25) is 0 Å². The Morgan fingerprint density at radius 3 is 2.50 bits per heavy atom. The first-order valence-electron chi connectivity index (χ1n) is 6.66. The Hall–Kier alpha value is -1.43. The predicted molar refractivity (Wildman–Crippen MR) is 72.1 cm³/mol. The van der Waals surface area contributed by atoms with E-state index in [1.165, 1.54) is 4.90 Å². The molecule has 112 valence electrons. The van der Waals surface area contributed by atoms with Gasteiger partial charge in [-0.2, -0.15) is 13.2 Å². The molecule has 0 aliphatic carbocycles. The molecule has 2 rings (SSSR count). The summed E-state index contributed by atoms with van der Waals surface area (Å²) in [5.41, 5.74) is 0.893. The summed E-state index contributed by atoms with van der Waals surface area (Å²) in [6.07, 6.45) is -2.70. The highest BCUT2D eigenvalue weighted by molar-refractivity contribution is 5.56. The van der Waals surface area contributed by atoms with E-state index in [1.807, 2.05) is 24.3 Å². The lowest BCUT2D eigenvalue weighted by Gasteiger charge is -2.33. The maximum absolute atomic E-state index is 12.3. The number of nitrogens with one attached hydrogen (secondary N) is 1. The lowest BCUT2D eigenvalue weighted by molar-refractivity contribution is -0.147. The third kappa shape index (κ3) is 4.30. The van der Waals surface area contributed by atoms with Gasteiger partial charge in [0.05, 0.1) is 19.3 Å². The molecule has 0 radical (unpaired) electrons. The molecule has 1 N–H and O–H groups in total. The van der Waals surface area contributed by atoms with Crippen molar-refractivity contribution in [2.45, 2.75) is 25.1 Å². The number of nitrogens with zero attached hydrogens (tertiary/aromatic N) is 1. The number of hydrogen-bond donors (Lipinski definition) is 1. The molecule has 3 nitrogen and oxygen atoms in total. The monoisotopic (exact) mass is 288 g/mol. The topological polar surface area (TPSA) is 24.5 Å². The van der Waals surface area contributed by atoms with Crippen molar-refractivity contribution in [1.29, 1.82) is 0 Å². The normalized spacial score (nSPS) is 18.0. The van der Waals surface area contributed by atoms with Crippen molar-refractivity contribution in [2.24, 2.45) is 0 Å². The van der Waals surface area contributed by atoms with E-state index in [2.05, 4.69) is 5.32 Å². The molecule has 0 saturated carbocycles. The van der Waals surface area contributed by atoms with Gasteiger partial charge in [0.1, 0.15) is 5.75 Å². The van der Waals surface area contributed by atoms with E-state index in [1.54, 1.807) is 7.11 Å². The largest absolute Gasteiger partial charge is 0.495 e. The maximum Gasteiger partial charge on any atom is 0.401 e. The van der Waals surface area contributed by atoms with Crippen molar-refractivity contribution < 1.29 is 17.9 Å². The van der Waals surface area contributed by atoms with Gasteiger partial charge in [-0.3, -0.25) is 4.90 Å². The zero-order valence-corrected chi connectivity index (χ0v) is 11.4. The minimum atomic E-state index is -4.11. The number of anilines is 1. The van der Waals surface area contributed by atoms with Crippen LogP contribution in [0.1, 0.15) is 12.8 Å². The molecule has 1 fully saturated rings. The standard InChI is InChI=1S/C14H19F3N2O/c1-20-13-5-3-2-4-12(13)18-11-6-8-19(9-7-11)10-14(15,16)17/h2-5,11,18H,6-10H2,1H3. The fraction of sp³-hybridized carbons (Fsp3) is 0.571. The molecule has 0 unspecified atom stereocenters. The molecule has 1 aliphatic heterocycles. The van der Waals surface area contributed by atoms with Crippen LogP contribution in [-0.2, 0) is 0 Å². The van der Waals surface area contributed by atoms with E-state index < -0.39 is 12.7 Å². The number of likely N-dealkylation sites (tertiary alicyclic amines) is 1. The second-order valence-electron chi connectivity index (χ2n) is 5.01. The van der Waals surface area contributed by atoms with E-state index in [4.69, 9.17) is 4.74 Å². The highest BCUT2D eigenvalue weighted by Crippen LogP contribution is 2.26. The fourth-order valence-corrected chi connectivity index (χ4v) is 2.47. The smallest absolute Gasteiger partial charge is 0.401 e. The Labute approximate surface area is 116 Å². The summed E-state index contributed by atoms with van der Waals surface area (Å²) in [6, 6.07) is 7.76. The molecule has 1 aliphatic rings. The second-order valence-corrected chi connectivity index (χ2v) is 5.01. The number of benzene rings is 1. The van der Waals surface area contributed by atoms with Gasteiger partial charge in [-0.25, -0.2) is 0 Å². The third-order valence-electron chi connectivity index (χ3n) is 3.46. The molecular weight excluding hydrogens is 269 g/mol. The Morgan fingerprint density at radius 1 is 1.25 bits per heavy atom. The van der Waals surface area contributed by atoms with Crippen LogP contribution in [0.15, 0.2) is 24.3 Å². The quantitative estimate of drug-likeness (QED) is 0.921. The molecule has 1 aromatic carbocycles. The van der Waals surface area contributed by atoms with E-state index in [0.29, 0.717) is 25.9 Å². The number of halogens is 3. The molecule has 0 aromatic heterocycles. The third-order valence-corrected chi connectivity index (χ3v) is 3.46. The molecule has 6 heteroatoms. The van der Waals surface area contributed by atoms with Crippen LogP contribution in [0.25, 0.3) is 0 Å². The van der Waals surface area contributed by atoms with Crippen LogP contribution in [0.5, 0.6) is 5.75 Å². The average Bonchev–Trinajstić information content (AvgIpc) is 2.40. The van der Waals surface area contributed by atoms with Crippen LogP contribution >= 0.6 is 0 Å². The summed E-state index contributed by atoms with van der Waals surface area (Å²) in [7, 11) is 1.60. The van der Waals surface area contributed by atoms with Crippen LogP contribution < -0.4 is 10.1 Å². The highest BCUT2D eigenvalue weighted by Gasteiger charge is 2.32. The molecule has 1 aromatic rings. The lowest BCUT2D eigenvalue weighted by Crippen LogP contribution is -2.43. The van der Waals surface area contributed by atoms with Crippen molar-refractivity contribution in [3.05, 3.63) is 24.3 Å². The predicted octanol–water partition coefficient (Wildman–Crippen LogP) is 3.13. The van der Waals surface area contributed by atoms with Crippen molar-refractivity contribution in [3.8, 4) is 5.75 Å². The first-order chi connectivity index (χ1) is 9.48. The van der Waals surface area contributed by atoms with Gasteiger partial charge < -0.3 is 10.1 Å². The zero-order valence-electron chi connectivity index (χ0n) is 11.4. The van der Waals surface area contributed by atoms with Gasteiger partial charge in [-0.15, -0.1) is 0 Å². The lowest BCUT2D eigenvalue weighted by atomic mass is 10.0. The van der Waals surface area contributed by atoms with Crippen LogP contribution in [0, 0.1) is 0 Å². The second kappa shape index (κ2) is 6.35. The average molecular weight is 288 g/mol. The molecule has 0 spiro atoms. The molecule has 1 saturated heterocycles. The molecule has 1 heterocycles. The SMILES string of the molecule is COc1ccccc1NC1CCN(CC(F)(F)F)CC1. The fourth-order valence-electron chi connectivity index (χ4n) is 2.47. The van der Waals surface area contributed by atoms with Crippen molar-refractivity contribution >= 4 is 5.69 Å². The number of alkyl halides is 3. The highest BCUT2D eigenvalue weighted by atomic mass is 19.4. The number of hydrogen-bond acceptors (Lipinski definition) is 3.